The Morgan fingerprint density at radius 3 is 2.67 bits per heavy atom. The van der Waals surface area contributed by atoms with Gasteiger partial charge >= 0.3 is 240 Å². The molecule has 2 radical (unpaired) electrons. The topological polar surface area (TPSA) is 109 Å². The van der Waals surface area contributed by atoms with E-state index in [0.29, 0.717) is 64.6 Å². The van der Waals surface area contributed by atoms with Crippen molar-refractivity contribution in [2.45, 2.75) is 57.8 Å². The molecule has 1 amide bonds. The first-order valence-corrected chi connectivity index (χ1v) is 16.4. The van der Waals surface area contributed by atoms with Crippen molar-refractivity contribution < 1.29 is 18.7 Å². The van der Waals surface area contributed by atoms with Crippen LogP contribution < -0.4 is 9.22 Å². The monoisotopic (exact) mass is 683 g/mol. The summed E-state index contributed by atoms with van der Waals surface area (Å²) in [5.41, 5.74) is 0.856. The molecule has 0 spiro atoms. The van der Waals surface area contributed by atoms with Crippen molar-refractivity contribution in [3.63, 3.8) is 0 Å². The zero-order chi connectivity index (χ0) is 32.4. The number of hydrogen-bond donors (Lipinski definition) is 0. The summed E-state index contributed by atoms with van der Waals surface area (Å²) in [4.78, 5) is 26.7. The average Bonchev–Trinajstić information content (AvgIpc) is 3.63. The van der Waals surface area contributed by atoms with Gasteiger partial charge in [-0.2, -0.15) is 0 Å². The first-order valence-electron chi connectivity index (χ1n) is 15.4. The van der Waals surface area contributed by atoms with E-state index in [1.807, 2.05) is 32.0 Å². The van der Waals surface area contributed by atoms with Crippen LogP contribution >= 0.6 is 0 Å². The van der Waals surface area contributed by atoms with Crippen LogP contribution in [-0.2, 0) is 16.1 Å². The standard InChI is InChI=1S/C34H35AsFN7O3/c1-4-42(24-19-45-20-24)34(2,3)16-22(17-37)33(44)41-14-8-9-23(41)18-43-32-29(31(35)38-21-39-32)30(40-43)27-13-12-26(15-28(27)36)46-25-10-6-5-7-11-25/h5-7,10-13,15-16,21,23-24H,4,8-9,14,18-20H2,1-3H3/t23-/m0/s1. The number of likely N-dealkylation sites (N-methyl/N-ethyl adjacent to an activating group) is 1. The maximum atomic E-state index is 15.6. The Morgan fingerprint density at radius 2 is 2.00 bits per heavy atom. The minimum atomic E-state index is -0.509. The Labute approximate surface area is 276 Å². The van der Waals surface area contributed by atoms with Crippen LogP contribution in [0.3, 0.4) is 0 Å². The van der Waals surface area contributed by atoms with Gasteiger partial charge in [0.1, 0.15) is 0 Å². The first-order chi connectivity index (χ1) is 22.2. The molecule has 0 bridgehead atoms. The van der Waals surface area contributed by atoms with Gasteiger partial charge in [-0.1, -0.05) is 6.92 Å². The van der Waals surface area contributed by atoms with E-state index < -0.39 is 11.4 Å². The van der Waals surface area contributed by atoms with E-state index in [2.05, 4.69) is 44.7 Å². The van der Waals surface area contributed by atoms with Crippen LogP contribution in [0.25, 0.3) is 22.3 Å². The van der Waals surface area contributed by atoms with Crippen LogP contribution in [0.15, 0.2) is 66.5 Å². The van der Waals surface area contributed by atoms with E-state index in [0.717, 1.165) is 19.4 Å². The van der Waals surface area contributed by atoms with Crippen molar-refractivity contribution in [3.8, 4) is 28.8 Å². The molecule has 4 heterocycles. The molecular weight excluding hydrogens is 648 g/mol. The molecule has 2 aliphatic rings. The predicted octanol–water partition coefficient (Wildman–Crippen LogP) is 4.16. The van der Waals surface area contributed by atoms with Gasteiger partial charge in [0.2, 0.25) is 0 Å². The fourth-order valence-electron chi connectivity index (χ4n) is 6.45. The zero-order valence-electron chi connectivity index (χ0n) is 26.1. The van der Waals surface area contributed by atoms with Crippen LogP contribution in [0.5, 0.6) is 11.5 Å². The summed E-state index contributed by atoms with van der Waals surface area (Å²) >= 11 is 2.40. The number of amides is 1. The van der Waals surface area contributed by atoms with E-state index in [1.165, 1.54) is 12.4 Å². The maximum absolute atomic E-state index is 15.6. The van der Waals surface area contributed by atoms with Gasteiger partial charge in [-0.15, -0.1) is 0 Å². The number of aromatic nitrogens is 4. The third kappa shape index (κ3) is 6.30. The summed E-state index contributed by atoms with van der Waals surface area (Å²) in [5, 5.41) is 15.6. The van der Waals surface area contributed by atoms with Crippen LogP contribution in [0.1, 0.15) is 33.6 Å². The summed E-state index contributed by atoms with van der Waals surface area (Å²) in [6, 6.07) is 16.1. The van der Waals surface area contributed by atoms with Gasteiger partial charge < -0.3 is 4.74 Å². The van der Waals surface area contributed by atoms with Crippen LogP contribution in [-0.4, -0.2) is 96.2 Å². The molecule has 0 aliphatic carbocycles. The Balaban J connectivity index is 1.27. The van der Waals surface area contributed by atoms with E-state index in [1.54, 1.807) is 39.9 Å². The molecule has 0 N–H and O–H groups in total. The van der Waals surface area contributed by atoms with Crippen molar-refractivity contribution in [2.24, 2.45) is 0 Å². The molecule has 46 heavy (non-hydrogen) atoms. The van der Waals surface area contributed by atoms with Gasteiger partial charge in [-0.3, -0.25) is 0 Å². The molecule has 236 valence electrons. The Morgan fingerprint density at radius 1 is 1.22 bits per heavy atom. The second kappa shape index (κ2) is 13.3. The molecule has 2 aromatic carbocycles. The molecule has 4 aromatic rings. The Kier molecular flexibility index (Phi) is 9.23. The molecular formula is C34H35AsFN7O3. The van der Waals surface area contributed by atoms with Gasteiger partial charge in [-0.05, 0) is 6.54 Å². The van der Waals surface area contributed by atoms with E-state index in [-0.39, 0.29) is 23.6 Å². The summed E-state index contributed by atoms with van der Waals surface area (Å²) < 4.78 is 29.2. The minimum absolute atomic E-state index is 0.122. The predicted molar refractivity (Wildman–Crippen MR) is 172 cm³/mol. The van der Waals surface area contributed by atoms with Crippen LogP contribution in [0.4, 0.5) is 4.39 Å². The molecule has 2 aliphatic heterocycles. The number of fused-ring (bicyclic) bond motifs is 1. The number of para-hydroxylation sites is 1. The molecule has 0 unspecified atom stereocenters. The molecule has 12 heteroatoms. The fraction of sp³-hybridized carbons (Fsp3) is 0.382. The number of ether oxygens (including phenoxy) is 2. The average molecular weight is 684 g/mol. The summed E-state index contributed by atoms with van der Waals surface area (Å²) in [6.45, 7) is 9.06. The number of carbonyl (C=O) groups is 1. The third-order valence-electron chi connectivity index (χ3n) is 8.70. The first kappa shape index (κ1) is 31.9. The number of nitriles is 1. The summed E-state index contributed by atoms with van der Waals surface area (Å²) in [7, 11) is 0. The van der Waals surface area contributed by atoms with Crippen molar-refractivity contribution in [3.05, 3.63) is 72.3 Å². The van der Waals surface area contributed by atoms with E-state index >= 15 is 4.39 Å². The van der Waals surface area contributed by atoms with Gasteiger partial charge in [0.05, 0.1) is 19.3 Å². The quantitative estimate of drug-likeness (QED) is 0.139. The van der Waals surface area contributed by atoms with Gasteiger partial charge in [0, 0.05) is 0 Å². The number of benzene rings is 2. The zero-order valence-corrected chi connectivity index (χ0v) is 27.9. The molecule has 0 saturated carbocycles. The molecule has 2 aromatic heterocycles. The van der Waals surface area contributed by atoms with Gasteiger partial charge in [0.15, 0.2) is 0 Å². The van der Waals surface area contributed by atoms with E-state index in [4.69, 9.17) is 14.6 Å². The molecule has 2 saturated heterocycles. The second-order valence-electron chi connectivity index (χ2n) is 12.1. The molecule has 6 rings (SSSR count). The van der Waals surface area contributed by atoms with Crippen molar-refractivity contribution >= 4 is 38.3 Å². The molecule has 10 nitrogen and oxygen atoms in total. The summed E-state index contributed by atoms with van der Waals surface area (Å²) in [5.74, 6) is 0.190. The number of carbonyl (C=O) groups excluding carboxylic acids is 1. The van der Waals surface area contributed by atoms with Gasteiger partial charge in [0.25, 0.3) is 0 Å². The second-order valence-corrected chi connectivity index (χ2v) is 13.0. The Hall–Kier alpha value is -4.10. The van der Waals surface area contributed by atoms with E-state index in [9.17, 15) is 10.1 Å². The van der Waals surface area contributed by atoms with Crippen molar-refractivity contribution in [1.82, 2.24) is 29.5 Å². The normalized spacial score (nSPS) is 17.4. The molecule has 2 fully saturated rings. The Bertz CT molecular complexity index is 1820. The van der Waals surface area contributed by atoms with Crippen molar-refractivity contribution in [2.75, 3.05) is 26.3 Å². The van der Waals surface area contributed by atoms with Crippen molar-refractivity contribution in [1.29, 1.82) is 5.26 Å². The number of nitrogens with zero attached hydrogens (tertiary/aromatic N) is 7. The number of likely N-dealkylation sites (tertiary alicyclic amines) is 1. The van der Waals surface area contributed by atoms with Crippen LogP contribution in [0, 0.1) is 17.1 Å². The third-order valence-corrected chi connectivity index (χ3v) is 9.41. The number of halogens is 1. The fourth-order valence-corrected chi connectivity index (χ4v) is 6.99. The summed E-state index contributed by atoms with van der Waals surface area (Å²) in [6.07, 6.45) is 4.78. The van der Waals surface area contributed by atoms with Gasteiger partial charge in [-0.25, -0.2) is 0 Å². The van der Waals surface area contributed by atoms with Crippen LogP contribution in [0.2, 0.25) is 0 Å². The number of hydrogen-bond acceptors (Lipinski definition) is 8. The SMILES string of the molecule is CCN(C1COC1)C(C)(C)C=C(C#N)C(=O)N1CCC[C@H]1Cn1nc(-c2ccc(Oc3ccccc3)cc2F)c2c([As])ncnc21. The molecule has 1 atom stereocenters. The number of rotatable bonds is 10.